The lowest BCUT2D eigenvalue weighted by atomic mass is 9.95. The van der Waals surface area contributed by atoms with Gasteiger partial charge < -0.3 is 74.7 Å². The molecule has 12 N–H and O–H groups in total. The van der Waals surface area contributed by atoms with Crippen LogP contribution in [0.5, 0.6) is 0 Å². The molecule has 3 saturated heterocycles. The van der Waals surface area contributed by atoms with Gasteiger partial charge in [0.15, 0.2) is 31.1 Å². The Balaban J connectivity index is 1.91. The molecule has 21 nitrogen and oxygen atoms in total. The molecule has 0 saturated carbocycles. The van der Waals surface area contributed by atoms with E-state index in [0.717, 1.165) is 0 Å². The Labute approximate surface area is 223 Å². The first-order chi connectivity index (χ1) is 18.5. The minimum absolute atomic E-state index is 1.09. The Hall–Kier alpha value is -1.71. The molecule has 0 radical (unpaired) electrons. The summed E-state index contributed by atoms with van der Waals surface area (Å²) in [7, 11) is -5.24. The summed E-state index contributed by atoms with van der Waals surface area (Å²) >= 11 is 0. The van der Waals surface area contributed by atoms with E-state index in [-0.39, 0.29) is 0 Å². The Bertz CT molecular complexity index is 1010. The molecule has 3 aliphatic heterocycles. The molecule has 0 aromatic heterocycles. The highest BCUT2D eigenvalue weighted by Crippen LogP contribution is 2.32. The van der Waals surface area contributed by atoms with E-state index in [9.17, 15) is 73.6 Å². The standard InChI is InChI=1S/C18H29NO20S/c20-1-2-10(37-18-9(26)5(22)6(23)12(39-18)14(27)28)4(21)3(19-40(32,33)34)17(35-2)38-11-7(24)8(25)16(31)36-13(11)15(29)30/h2-13,16-26,31H,1H2,(H,27,28)(H,29,30)(H,32,33,34)/t2-,3-,4-,5+,6+,7-,8-,9-,10-,11+,12-,13+,16?,17-,18-/m1/s1. The lowest BCUT2D eigenvalue weighted by molar-refractivity contribution is -0.359. The molecular weight excluding hydrogens is 582 g/mol. The third-order valence-electron chi connectivity index (χ3n) is 6.34. The van der Waals surface area contributed by atoms with Crippen LogP contribution < -0.4 is 4.72 Å². The van der Waals surface area contributed by atoms with Gasteiger partial charge in [-0.3, -0.25) is 4.55 Å². The van der Waals surface area contributed by atoms with E-state index >= 15 is 0 Å². The minimum Gasteiger partial charge on any atom is -0.479 e. The van der Waals surface area contributed by atoms with Crippen LogP contribution in [0.2, 0.25) is 0 Å². The number of carbonyl (C=O) groups is 2. The zero-order valence-electron chi connectivity index (χ0n) is 19.9. The summed E-state index contributed by atoms with van der Waals surface area (Å²) in [5.41, 5.74) is 0. The normalized spacial score (nSPS) is 46.6. The number of aliphatic hydroxyl groups excluding tert-OH is 8. The Kier molecular flexibility index (Phi) is 10.4. The zero-order valence-corrected chi connectivity index (χ0v) is 20.7. The third-order valence-corrected chi connectivity index (χ3v) is 6.91. The topological polar surface area (TPSA) is 349 Å². The lowest BCUT2D eigenvalue weighted by Gasteiger charge is -2.48. The second-order valence-corrected chi connectivity index (χ2v) is 10.2. The summed E-state index contributed by atoms with van der Waals surface area (Å²) in [4.78, 5) is 23.0. The number of nitrogens with one attached hydrogen (secondary N) is 1. The third kappa shape index (κ3) is 6.84. The van der Waals surface area contributed by atoms with Gasteiger partial charge in [-0.15, -0.1) is 0 Å². The molecule has 3 fully saturated rings. The summed E-state index contributed by atoms with van der Waals surface area (Å²) < 4.78 is 59.6. The first-order valence-electron chi connectivity index (χ1n) is 11.3. The van der Waals surface area contributed by atoms with Crippen molar-refractivity contribution in [1.29, 1.82) is 0 Å². The van der Waals surface area contributed by atoms with Crippen LogP contribution in [0.3, 0.4) is 0 Å². The molecule has 3 heterocycles. The first-order valence-corrected chi connectivity index (χ1v) is 12.8. The number of hydrogen-bond donors (Lipinski definition) is 12. The highest BCUT2D eigenvalue weighted by Gasteiger charge is 2.55. The van der Waals surface area contributed by atoms with E-state index in [1.807, 2.05) is 0 Å². The van der Waals surface area contributed by atoms with Gasteiger partial charge >= 0.3 is 22.2 Å². The average molecular weight is 611 g/mol. The molecule has 0 amide bonds. The van der Waals surface area contributed by atoms with Crippen LogP contribution in [0.15, 0.2) is 0 Å². The minimum atomic E-state index is -5.24. The van der Waals surface area contributed by atoms with Crippen LogP contribution in [0, 0.1) is 0 Å². The van der Waals surface area contributed by atoms with Crippen molar-refractivity contribution in [3.8, 4) is 0 Å². The molecular formula is C18H29NO20S. The van der Waals surface area contributed by atoms with Crippen molar-refractivity contribution in [2.45, 2.75) is 92.1 Å². The second-order valence-electron chi connectivity index (χ2n) is 9.04. The van der Waals surface area contributed by atoms with Gasteiger partial charge in [0.25, 0.3) is 0 Å². The fourth-order valence-corrected chi connectivity index (χ4v) is 4.92. The quantitative estimate of drug-likeness (QED) is 0.108. The maximum absolute atomic E-state index is 11.6. The van der Waals surface area contributed by atoms with Gasteiger partial charge in [0.05, 0.1) is 6.61 Å². The molecule has 0 aliphatic carbocycles. The lowest BCUT2D eigenvalue weighted by Crippen LogP contribution is -2.69. The number of ether oxygens (including phenoxy) is 5. The number of aliphatic hydroxyl groups is 8. The monoisotopic (exact) mass is 611 g/mol. The molecule has 1 unspecified atom stereocenters. The van der Waals surface area contributed by atoms with Gasteiger partial charge in [0.1, 0.15) is 61.0 Å². The molecule has 40 heavy (non-hydrogen) atoms. The van der Waals surface area contributed by atoms with Gasteiger partial charge in [-0.2, -0.15) is 13.1 Å². The van der Waals surface area contributed by atoms with Gasteiger partial charge in [-0.05, 0) is 0 Å². The van der Waals surface area contributed by atoms with E-state index < -0.39 is 121 Å². The molecule has 15 atom stereocenters. The molecule has 3 rings (SSSR count). The highest BCUT2D eigenvalue weighted by molar-refractivity contribution is 7.83. The number of aliphatic carboxylic acids is 2. The van der Waals surface area contributed by atoms with Crippen LogP contribution in [0.1, 0.15) is 0 Å². The van der Waals surface area contributed by atoms with Crippen LogP contribution >= 0.6 is 0 Å². The van der Waals surface area contributed by atoms with E-state index in [1.165, 1.54) is 4.72 Å². The predicted octanol–water partition coefficient (Wildman–Crippen LogP) is -7.99. The molecule has 0 aromatic rings. The van der Waals surface area contributed by atoms with E-state index in [2.05, 4.69) is 4.74 Å². The smallest absolute Gasteiger partial charge is 0.335 e. The van der Waals surface area contributed by atoms with Crippen LogP contribution in [-0.2, 0) is 43.6 Å². The molecule has 0 bridgehead atoms. The van der Waals surface area contributed by atoms with Crippen LogP contribution in [-0.4, -0.2) is 175 Å². The van der Waals surface area contributed by atoms with Crippen LogP contribution in [0.4, 0.5) is 0 Å². The van der Waals surface area contributed by atoms with Crippen molar-refractivity contribution in [1.82, 2.24) is 4.72 Å². The Morgan fingerprint density at radius 1 is 0.700 bits per heavy atom. The van der Waals surface area contributed by atoms with Crippen molar-refractivity contribution in [3.05, 3.63) is 0 Å². The fraction of sp³-hybridized carbons (Fsp3) is 0.889. The number of rotatable bonds is 9. The largest absolute Gasteiger partial charge is 0.479 e. The van der Waals surface area contributed by atoms with Crippen molar-refractivity contribution < 1.29 is 97.3 Å². The molecule has 0 aromatic carbocycles. The first kappa shape index (κ1) is 32.8. The van der Waals surface area contributed by atoms with Gasteiger partial charge in [0, 0.05) is 0 Å². The van der Waals surface area contributed by atoms with Gasteiger partial charge in [-0.1, -0.05) is 0 Å². The summed E-state index contributed by atoms with van der Waals surface area (Å²) in [5.74, 6) is -3.62. The Morgan fingerprint density at radius 2 is 1.27 bits per heavy atom. The Morgan fingerprint density at radius 3 is 1.80 bits per heavy atom. The number of hydrogen-bond acceptors (Lipinski definition) is 17. The summed E-state index contributed by atoms with van der Waals surface area (Å²) in [6.45, 7) is -1.09. The maximum Gasteiger partial charge on any atom is 0.335 e. The summed E-state index contributed by atoms with van der Waals surface area (Å²) in [5, 5.41) is 99.1. The maximum atomic E-state index is 11.6. The average Bonchev–Trinajstić information content (AvgIpc) is 2.86. The predicted molar refractivity (Wildman–Crippen MR) is 115 cm³/mol. The molecule has 0 spiro atoms. The summed E-state index contributed by atoms with van der Waals surface area (Å²) in [6.07, 6.45) is -29.8. The highest BCUT2D eigenvalue weighted by atomic mass is 32.2. The van der Waals surface area contributed by atoms with Crippen molar-refractivity contribution in [2.75, 3.05) is 6.61 Å². The van der Waals surface area contributed by atoms with Gasteiger partial charge in [-0.25, -0.2) is 9.59 Å². The molecule has 22 heteroatoms. The van der Waals surface area contributed by atoms with E-state index in [4.69, 9.17) is 18.9 Å². The van der Waals surface area contributed by atoms with Crippen molar-refractivity contribution >= 4 is 22.2 Å². The molecule has 232 valence electrons. The fourth-order valence-electron chi connectivity index (χ4n) is 4.32. The number of carboxylic acids is 2. The van der Waals surface area contributed by atoms with Crippen molar-refractivity contribution in [3.63, 3.8) is 0 Å². The zero-order chi connectivity index (χ0) is 30.3. The van der Waals surface area contributed by atoms with Crippen molar-refractivity contribution in [2.24, 2.45) is 0 Å². The van der Waals surface area contributed by atoms with Crippen LogP contribution in [0.25, 0.3) is 0 Å². The SMILES string of the molecule is O=C(O)[C@H]1OC(O)[C@H](O)[C@@H](O)[C@@H]1O[C@H]1O[C@H](CO)[C@@H](O[C@@H]2O[C@@H](C(=O)O)[C@@H](O)[C@H](O)[C@H]2O)[C@H](O)[C@H]1NS(=O)(=O)O. The van der Waals surface area contributed by atoms with Gasteiger partial charge in [0.2, 0.25) is 0 Å². The molecule has 3 aliphatic rings. The summed E-state index contributed by atoms with van der Waals surface area (Å²) in [6, 6.07) is -2.18. The second kappa shape index (κ2) is 12.7. The number of carboxylic acid groups (broad SMARTS) is 2. The van der Waals surface area contributed by atoms with E-state index in [1.54, 1.807) is 0 Å². The van der Waals surface area contributed by atoms with E-state index in [0.29, 0.717) is 0 Å².